The van der Waals surface area contributed by atoms with E-state index in [9.17, 15) is 9.59 Å². The average molecular weight is 341 g/mol. The van der Waals surface area contributed by atoms with Gasteiger partial charge in [-0.2, -0.15) is 0 Å². The van der Waals surface area contributed by atoms with Crippen molar-refractivity contribution in [1.82, 2.24) is 5.32 Å². The molecule has 1 fully saturated rings. The lowest BCUT2D eigenvalue weighted by molar-refractivity contribution is -0.145. The summed E-state index contributed by atoms with van der Waals surface area (Å²) in [6, 6.07) is 0. The maximum atomic E-state index is 12.0. The summed E-state index contributed by atoms with van der Waals surface area (Å²) in [5.74, 6) is 0.203. The van der Waals surface area contributed by atoms with E-state index in [4.69, 9.17) is 9.47 Å². The minimum atomic E-state index is -0.347. The molecule has 1 aliphatic carbocycles. The highest BCUT2D eigenvalue weighted by Crippen LogP contribution is 2.49. The molecule has 0 bridgehead atoms. The van der Waals surface area contributed by atoms with Gasteiger partial charge in [0.25, 0.3) is 0 Å². The lowest BCUT2D eigenvalue weighted by Crippen LogP contribution is -2.44. The van der Waals surface area contributed by atoms with Crippen molar-refractivity contribution in [2.45, 2.75) is 73.1 Å². The molecule has 5 heteroatoms. The number of nitrogens with one attached hydrogen (secondary N) is 1. The van der Waals surface area contributed by atoms with Crippen LogP contribution in [0.15, 0.2) is 0 Å². The first-order chi connectivity index (χ1) is 11.2. The first kappa shape index (κ1) is 20.8. The number of rotatable bonds is 8. The summed E-state index contributed by atoms with van der Waals surface area (Å²) in [6.45, 7) is 12.2. The summed E-state index contributed by atoms with van der Waals surface area (Å²) >= 11 is 0. The number of alkyl carbamates (subject to hydrolysis) is 1. The largest absolute Gasteiger partial charge is 0.466 e. The van der Waals surface area contributed by atoms with Gasteiger partial charge < -0.3 is 14.8 Å². The van der Waals surface area contributed by atoms with E-state index in [0.29, 0.717) is 32.1 Å². The van der Waals surface area contributed by atoms with Gasteiger partial charge in [-0.05, 0) is 48.9 Å². The molecular formula is C19H35NO4. The fraction of sp³-hybridized carbons (Fsp3) is 0.895. The molecule has 2 unspecified atom stereocenters. The summed E-state index contributed by atoms with van der Waals surface area (Å²) in [6.07, 6.45) is 4.76. The minimum absolute atomic E-state index is 0.0251. The SMILES string of the molecule is CCCOC(=O)CC1CC(C)(C)CC(C)(CNC(=O)OCCC)C1. The predicted octanol–water partition coefficient (Wildman–Crippen LogP) is 4.30. The number of ether oxygens (including phenoxy) is 2. The second-order valence-electron chi connectivity index (χ2n) is 8.34. The zero-order chi connectivity index (χ0) is 18.2. The van der Waals surface area contributed by atoms with Crippen molar-refractivity contribution in [2.24, 2.45) is 16.7 Å². The number of carbonyl (C=O) groups excluding carboxylic acids is 2. The molecule has 0 spiro atoms. The number of esters is 1. The zero-order valence-electron chi connectivity index (χ0n) is 16.1. The Bertz CT molecular complexity index is 422. The first-order valence-corrected chi connectivity index (χ1v) is 9.26. The van der Waals surface area contributed by atoms with Gasteiger partial charge in [0.1, 0.15) is 0 Å². The van der Waals surface area contributed by atoms with E-state index in [1.807, 2.05) is 13.8 Å². The van der Waals surface area contributed by atoms with E-state index in [2.05, 4.69) is 26.1 Å². The van der Waals surface area contributed by atoms with Crippen LogP contribution in [0, 0.1) is 16.7 Å². The average Bonchev–Trinajstić information content (AvgIpc) is 2.47. The Hall–Kier alpha value is -1.26. The van der Waals surface area contributed by atoms with E-state index in [1.54, 1.807) is 0 Å². The van der Waals surface area contributed by atoms with Gasteiger partial charge in [-0.1, -0.05) is 34.6 Å². The molecule has 1 aliphatic rings. The van der Waals surface area contributed by atoms with Crippen LogP contribution in [0.2, 0.25) is 0 Å². The molecule has 0 saturated heterocycles. The molecule has 0 aromatic carbocycles. The van der Waals surface area contributed by atoms with Crippen LogP contribution >= 0.6 is 0 Å². The molecular weight excluding hydrogens is 306 g/mol. The topological polar surface area (TPSA) is 64.6 Å². The fourth-order valence-electron chi connectivity index (χ4n) is 4.17. The van der Waals surface area contributed by atoms with Crippen molar-refractivity contribution in [3.05, 3.63) is 0 Å². The van der Waals surface area contributed by atoms with E-state index in [-0.39, 0.29) is 22.9 Å². The highest BCUT2D eigenvalue weighted by atomic mass is 16.5. The quantitative estimate of drug-likeness (QED) is 0.669. The predicted molar refractivity (Wildman–Crippen MR) is 94.7 cm³/mol. The Labute approximate surface area is 146 Å². The van der Waals surface area contributed by atoms with Crippen LogP contribution in [0.5, 0.6) is 0 Å². The maximum absolute atomic E-state index is 12.0. The Balaban J connectivity index is 2.59. The van der Waals surface area contributed by atoms with Gasteiger partial charge in [-0.3, -0.25) is 4.79 Å². The van der Waals surface area contributed by atoms with Gasteiger partial charge in [-0.15, -0.1) is 0 Å². The third-order valence-electron chi connectivity index (χ3n) is 4.55. The summed E-state index contributed by atoms with van der Waals surface area (Å²) in [5.41, 5.74) is 0.125. The van der Waals surface area contributed by atoms with Crippen LogP contribution in [0.3, 0.4) is 0 Å². The van der Waals surface area contributed by atoms with Crippen LogP contribution in [-0.2, 0) is 14.3 Å². The normalized spacial score (nSPS) is 25.8. The van der Waals surface area contributed by atoms with Crippen molar-refractivity contribution in [1.29, 1.82) is 0 Å². The van der Waals surface area contributed by atoms with Gasteiger partial charge >= 0.3 is 12.1 Å². The molecule has 140 valence electrons. The summed E-state index contributed by atoms with van der Waals surface area (Å²) in [4.78, 5) is 23.7. The van der Waals surface area contributed by atoms with Gasteiger partial charge in [-0.25, -0.2) is 4.79 Å². The lowest BCUT2D eigenvalue weighted by atomic mass is 9.60. The highest BCUT2D eigenvalue weighted by molar-refractivity contribution is 5.69. The molecule has 24 heavy (non-hydrogen) atoms. The first-order valence-electron chi connectivity index (χ1n) is 9.26. The standard InChI is InChI=1S/C19H35NO4/c1-6-8-23-16(21)10-15-11-18(3,4)13-19(5,12-15)14-20-17(22)24-9-7-2/h15H,6-14H2,1-5H3,(H,20,22). The van der Waals surface area contributed by atoms with Crippen LogP contribution in [0.4, 0.5) is 4.79 Å². The molecule has 1 N–H and O–H groups in total. The molecule has 0 radical (unpaired) electrons. The Morgan fingerprint density at radius 3 is 2.29 bits per heavy atom. The lowest BCUT2D eigenvalue weighted by Gasteiger charge is -2.46. The second-order valence-corrected chi connectivity index (χ2v) is 8.34. The van der Waals surface area contributed by atoms with Gasteiger partial charge in [0.15, 0.2) is 0 Å². The second kappa shape index (κ2) is 9.28. The molecule has 5 nitrogen and oxygen atoms in total. The van der Waals surface area contributed by atoms with Crippen molar-refractivity contribution < 1.29 is 19.1 Å². The van der Waals surface area contributed by atoms with Gasteiger partial charge in [0, 0.05) is 13.0 Å². The maximum Gasteiger partial charge on any atom is 0.407 e. The van der Waals surface area contributed by atoms with E-state index in [0.717, 1.165) is 32.1 Å². The molecule has 1 amide bonds. The van der Waals surface area contributed by atoms with Crippen LogP contribution < -0.4 is 5.32 Å². The van der Waals surface area contributed by atoms with Gasteiger partial charge in [0.05, 0.1) is 13.2 Å². The van der Waals surface area contributed by atoms with Gasteiger partial charge in [0.2, 0.25) is 0 Å². The number of hydrogen-bond donors (Lipinski definition) is 1. The monoisotopic (exact) mass is 341 g/mol. The number of hydrogen-bond acceptors (Lipinski definition) is 4. The summed E-state index contributed by atoms with van der Waals surface area (Å²) in [7, 11) is 0. The molecule has 0 aromatic rings. The molecule has 1 rings (SSSR count). The Kier molecular flexibility index (Phi) is 8.04. The van der Waals surface area contributed by atoms with Crippen molar-refractivity contribution in [3.63, 3.8) is 0 Å². The molecule has 0 heterocycles. The molecule has 0 aromatic heterocycles. The Morgan fingerprint density at radius 2 is 1.67 bits per heavy atom. The third-order valence-corrected chi connectivity index (χ3v) is 4.55. The summed E-state index contributed by atoms with van der Waals surface area (Å²) < 4.78 is 10.3. The number of carbonyl (C=O) groups is 2. The zero-order valence-corrected chi connectivity index (χ0v) is 16.1. The Morgan fingerprint density at radius 1 is 1.04 bits per heavy atom. The highest BCUT2D eigenvalue weighted by Gasteiger charge is 2.42. The summed E-state index contributed by atoms with van der Waals surface area (Å²) in [5, 5.41) is 2.90. The van der Waals surface area contributed by atoms with Crippen molar-refractivity contribution >= 4 is 12.1 Å². The fourth-order valence-corrected chi connectivity index (χ4v) is 4.17. The van der Waals surface area contributed by atoms with Crippen LogP contribution in [-0.4, -0.2) is 31.8 Å². The van der Waals surface area contributed by atoms with E-state index in [1.165, 1.54) is 0 Å². The number of amides is 1. The van der Waals surface area contributed by atoms with Crippen molar-refractivity contribution in [3.8, 4) is 0 Å². The van der Waals surface area contributed by atoms with E-state index < -0.39 is 0 Å². The van der Waals surface area contributed by atoms with Crippen molar-refractivity contribution in [2.75, 3.05) is 19.8 Å². The third kappa shape index (κ3) is 7.54. The molecule has 0 aliphatic heterocycles. The molecule has 1 saturated carbocycles. The van der Waals surface area contributed by atoms with Crippen LogP contribution in [0.1, 0.15) is 73.1 Å². The minimum Gasteiger partial charge on any atom is -0.466 e. The smallest absolute Gasteiger partial charge is 0.407 e. The van der Waals surface area contributed by atoms with Crippen LogP contribution in [0.25, 0.3) is 0 Å². The van der Waals surface area contributed by atoms with E-state index >= 15 is 0 Å². The molecule has 2 atom stereocenters.